The SMILES string of the molecule is CCCCCCC/C=C\C/C=C\CCCCCCCCCCCCCCCC(=O)OCC(COC(=O)CCCCCCCCCCCCCCCCCCC)OC(=O)CCCCCCCCCCCCCCCCCCCCCCC. The highest BCUT2D eigenvalue weighted by Gasteiger charge is 2.20. The maximum Gasteiger partial charge on any atom is 0.306 e. The Morgan fingerprint density at radius 1 is 0.247 bits per heavy atom. The molecule has 81 heavy (non-hydrogen) atoms. The molecule has 6 heteroatoms. The molecule has 0 rings (SSSR count). The molecule has 0 saturated heterocycles. The van der Waals surface area contributed by atoms with Gasteiger partial charge in [-0.25, -0.2) is 0 Å². The van der Waals surface area contributed by atoms with Crippen LogP contribution in [0.5, 0.6) is 0 Å². The zero-order valence-corrected chi connectivity index (χ0v) is 55.1. The minimum atomic E-state index is -0.768. The van der Waals surface area contributed by atoms with Crippen LogP contribution in [0.25, 0.3) is 0 Å². The first-order valence-electron chi connectivity index (χ1n) is 36.8. The largest absolute Gasteiger partial charge is 0.462 e. The summed E-state index contributed by atoms with van der Waals surface area (Å²) in [7, 11) is 0. The van der Waals surface area contributed by atoms with Crippen LogP contribution in [0.4, 0.5) is 0 Å². The lowest BCUT2D eigenvalue weighted by molar-refractivity contribution is -0.167. The Hall–Kier alpha value is -2.11. The van der Waals surface area contributed by atoms with Gasteiger partial charge in [-0.15, -0.1) is 0 Å². The Morgan fingerprint density at radius 3 is 0.679 bits per heavy atom. The monoisotopic (exact) mass is 1140 g/mol. The predicted octanol–water partition coefficient (Wildman–Crippen LogP) is 25.3. The van der Waals surface area contributed by atoms with E-state index in [-0.39, 0.29) is 31.1 Å². The van der Waals surface area contributed by atoms with Crippen molar-refractivity contribution in [2.24, 2.45) is 0 Å². The molecule has 1 atom stereocenters. The van der Waals surface area contributed by atoms with Crippen molar-refractivity contribution in [3.63, 3.8) is 0 Å². The lowest BCUT2D eigenvalue weighted by Crippen LogP contribution is -2.30. The number of ether oxygens (including phenoxy) is 3. The molecular weight excluding hydrogens is 997 g/mol. The third-order valence-corrected chi connectivity index (χ3v) is 17.0. The third-order valence-electron chi connectivity index (χ3n) is 17.0. The van der Waals surface area contributed by atoms with Crippen LogP contribution < -0.4 is 0 Å². The number of rotatable bonds is 69. The molecule has 0 bridgehead atoms. The van der Waals surface area contributed by atoms with Gasteiger partial charge in [-0.1, -0.05) is 373 Å². The maximum atomic E-state index is 13.0. The van der Waals surface area contributed by atoms with Crippen LogP contribution in [0.15, 0.2) is 24.3 Å². The first kappa shape index (κ1) is 78.9. The highest BCUT2D eigenvalue weighted by atomic mass is 16.6. The van der Waals surface area contributed by atoms with Crippen LogP contribution in [0, 0.1) is 0 Å². The third kappa shape index (κ3) is 68.6. The van der Waals surface area contributed by atoms with E-state index in [0.717, 1.165) is 64.2 Å². The van der Waals surface area contributed by atoms with Crippen molar-refractivity contribution >= 4 is 17.9 Å². The molecule has 0 aliphatic rings. The molecule has 0 radical (unpaired) electrons. The number of esters is 3. The van der Waals surface area contributed by atoms with Crippen molar-refractivity contribution in [2.45, 2.75) is 425 Å². The smallest absolute Gasteiger partial charge is 0.306 e. The van der Waals surface area contributed by atoms with Gasteiger partial charge in [0, 0.05) is 19.3 Å². The van der Waals surface area contributed by atoms with E-state index in [4.69, 9.17) is 14.2 Å². The molecule has 0 heterocycles. The lowest BCUT2D eigenvalue weighted by atomic mass is 10.0. The van der Waals surface area contributed by atoms with E-state index in [2.05, 4.69) is 45.1 Å². The molecule has 0 amide bonds. The molecule has 0 saturated carbocycles. The van der Waals surface area contributed by atoms with E-state index in [1.807, 2.05) is 0 Å². The van der Waals surface area contributed by atoms with Gasteiger partial charge in [0.2, 0.25) is 0 Å². The summed E-state index contributed by atoms with van der Waals surface area (Å²) in [6.45, 7) is 6.73. The molecule has 0 aromatic rings. The molecule has 0 spiro atoms. The van der Waals surface area contributed by atoms with Gasteiger partial charge in [0.25, 0.3) is 0 Å². The molecule has 0 aromatic heterocycles. The fourth-order valence-electron chi connectivity index (χ4n) is 11.4. The van der Waals surface area contributed by atoms with E-state index in [0.29, 0.717) is 19.3 Å². The topological polar surface area (TPSA) is 78.9 Å². The summed E-state index contributed by atoms with van der Waals surface area (Å²) >= 11 is 0. The van der Waals surface area contributed by atoms with Crippen molar-refractivity contribution in [1.29, 1.82) is 0 Å². The molecule has 1 unspecified atom stereocenters. The van der Waals surface area contributed by atoms with Gasteiger partial charge in [0.15, 0.2) is 6.10 Å². The number of carbonyl (C=O) groups excluding carboxylic acids is 3. The number of carbonyl (C=O) groups is 3. The highest BCUT2D eigenvalue weighted by Crippen LogP contribution is 2.19. The van der Waals surface area contributed by atoms with E-state index in [1.54, 1.807) is 0 Å². The Kier molecular flexibility index (Phi) is 68.5. The quantitative estimate of drug-likeness (QED) is 0.0261. The summed E-state index contributed by atoms with van der Waals surface area (Å²) in [5.41, 5.74) is 0. The summed E-state index contributed by atoms with van der Waals surface area (Å²) in [5, 5.41) is 0. The summed E-state index contributed by atoms with van der Waals surface area (Å²) in [6.07, 6.45) is 86.4. The van der Waals surface area contributed by atoms with E-state index >= 15 is 0 Å². The second kappa shape index (κ2) is 70.4. The van der Waals surface area contributed by atoms with Crippen molar-refractivity contribution in [3.8, 4) is 0 Å². The summed E-state index contributed by atoms with van der Waals surface area (Å²) < 4.78 is 17.0. The van der Waals surface area contributed by atoms with Gasteiger partial charge in [-0.05, 0) is 51.4 Å². The molecule has 0 aliphatic heterocycles. The molecule has 0 N–H and O–H groups in total. The van der Waals surface area contributed by atoms with Gasteiger partial charge in [-0.2, -0.15) is 0 Å². The number of allylic oxidation sites excluding steroid dienone is 4. The van der Waals surface area contributed by atoms with Crippen LogP contribution in [0.3, 0.4) is 0 Å². The van der Waals surface area contributed by atoms with Gasteiger partial charge in [0.05, 0.1) is 0 Å². The van der Waals surface area contributed by atoms with Crippen LogP contribution in [-0.2, 0) is 28.6 Å². The van der Waals surface area contributed by atoms with Crippen molar-refractivity contribution in [2.75, 3.05) is 13.2 Å². The van der Waals surface area contributed by atoms with Crippen LogP contribution in [-0.4, -0.2) is 37.2 Å². The van der Waals surface area contributed by atoms with Gasteiger partial charge in [-0.3, -0.25) is 14.4 Å². The molecule has 478 valence electrons. The van der Waals surface area contributed by atoms with E-state index in [9.17, 15) is 14.4 Å². The maximum absolute atomic E-state index is 13.0. The van der Waals surface area contributed by atoms with Gasteiger partial charge < -0.3 is 14.2 Å². The Labute approximate surface area is 506 Å². The lowest BCUT2D eigenvalue weighted by Gasteiger charge is -2.18. The molecule has 0 aliphatic carbocycles. The first-order chi connectivity index (χ1) is 40.0. The summed E-state index contributed by atoms with van der Waals surface area (Å²) in [4.78, 5) is 38.5. The normalized spacial score (nSPS) is 12.1. The Bertz CT molecular complexity index is 1310. The van der Waals surface area contributed by atoms with Crippen molar-refractivity contribution in [1.82, 2.24) is 0 Å². The fraction of sp³-hybridized carbons (Fsp3) is 0.907. The molecular formula is C75H142O6. The summed E-state index contributed by atoms with van der Waals surface area (Å²) in [6, 6.07) is 0. The highest BCUT2D eigenvalue weighted by molar-refractivity contribution is 5.71. The Balaban J connectivity index is 4.27. The molecule has 0 fully saturated rings. The minimum Gasteiger partial charge on any atom is -0.462 e. The zero-order valence-electron chi connectivity index (χ0n) is 55.1. The number of unbranched alkanes of at least 4 members (excludes halogenated alkanes) is 54. The average Bonchev–Trinajstić information content (AvgIpc) is 3.47. The van der Waals surface area contributed by atoms with E-state index < -0.39 is 6.10 Å². The number of hydrogen-bond donors (Lipinski definition) is 0. The molecule has 6 nitrogen and oxygen atoms in total. The Morgan fingerprint density at radius 2 is 0.444 bits per heavy atom. The van der Waals surface area contributed by atoms with Gasteiger partial charge >= 0.3 is 17.9 Å². The van der Waals surface area contributed by atoms with Crippen LogP contribution in [0.2, 0.25) is 0 Å². The average molecular weight is 1140 g/mol. The van der Waals surface area contributed by atoms with Crippen LogP contribution in [0.1, 0.15) is 419 Å². The first-order valence-corrected chi connectivity index (χ1v) is 36.8. The summed E-state index contributed by atoms with van der Waals surface area (Å²) in [5.74, 6) is -0.827. The molecule has 0 aromatic carbocycles. The number of hydrogen-bond acceptors (Lipinski definition) is 6. The van der Waals surface area contributed by atoms with Crippen molar-refractivity contribution < 1.29 is 28.6 Å². The standard InChI is InChI=1S/C75H142O6/c1-4-7-10-13-16-19-22-25-28-31-33-35-36-37-38-40-41-44-47-50-53-56-59-62-65-68-74(77)80-71-72(70-79-73(76)67-64-61-58-55-52-49-46-43-30-27-24-21-18-15-12-9-6-3)81-75(78)69-66-63-60-57-54-51-48-45-42-39-34-32-29-26-23-20-17-14-11-8-5-2/h22,25,31,33,72H,4-21,23-24,26-30,32,34-71H2,1-3H3/b25-22-,33-31-. The van der Waals surface area contributed by atoms with Gasteiger partial charge in [0.1, 0.15) is 13.2 Å². The fourth-order valence-corrected chi connectivity index (χ4v) is 11.4. The predicted molar refractivity (Wildman–Crippen MR) is 353 cm³/mol. The van der Waals surface area contributed by atoms with E-state index in [1.165, 1.54) is 315 Å². The minimum absolute atomic E-state index is 0.0637. The second-order valence-corrected chi connectivity index (χ2v) is 25.2. The van der Waals surface area contributed by atoms with Crippen molar-refractivity contribution in [3.05, 3.63) is 24.3 Å². The van der Waals surface area contributed by atoms with Crippen LogP contribution >= 0.6 is 0 Å². The second-order valence-electron chi connectivity index (χ2n) is 25.2. The zero-order chi connectivity index (χ0) is 58.5.